The average Bonchev–Trinajstić information content (AvgIpc) is 2.37. The van der Waals surface area contributed by atoms with E-state index in [4.69, 9.17) is 10.6 Å². The van der Waals surface area contributed by atoms with Gasteiger partial charge >= 0.3 is 0 Å². The molecule has 3 nitrogen and oxygen atoms in total. The number of hydrogen-bond acceptors (Lipinski definition) is 3. The van der Waals surface area contributed by atoms with Crippen LogP contribution < -0.4 is 11.3 Å². The predicted octanol–water partition coefficient (Wildman–Crippen LogP) is 3.63. The molecule has 0 aliphatic heterocycles. The lowest BCUT2D eigenvalue weighted by Gasteiger charge is -2.47. The van der Waals surface area contributed by atoms with Crippen molar-refractivity contribution in [3.8, 4) is 0 Å². The average molecular weight is 270 g/mol. The molecule has 3 N–H and O–H groups in total. The molecule has 1 fully saturated rings. The van der Waals surface area contributed by atoms with E-state index in [1.165, 1.54) is 25.7 Å². The Bertz CT molecular complexity index is 255. The maximum atomic E-state index is 5.96. The summed E-state index contributed by atoms with van der Waals surface area (Å²) < 4.78 is 5.96. The van der Waals surface area contributed by atoms with E-state index in [-0.39, 0.29) is 11.6 Å². The number of hydrazine groups is 1. The largest absolute Gasteiger partial charge is 0.377 e. The molecule has 0 bridgehead atoms. The van der Waals surface area contributed by atoms with Crippen molar-refractivity contribution in [3.05, 3.63) is 0 Å². The highest BCUT2D eigenvalue weighted by molar-refractivity contribution is 4.98. The summed E-state index contributed by atoms with van der Waals surface area (Å²) in [6, 6.07) is 0.273. The number of methoxy groups -OCH3 is 1. The number of hydrogen-bond donors (Lipinski definition) is 2. The van der Waals surface area contributed by atoms with Gasteiger partial charge in [0.2, 0.25) is 0 Å². The Morgan fingerprint density at radius 1 is 1.21 bits per heavy atom. The molecule has 0 saturated heterocycles. The van der Waals surface area contributed by atoms with Gasteiger partial charge in [0.25, 0.3) is 0 Å². The third kappa shape index (κ3) is 4.44. The smallest absolute Gasteiger partial charge is 0.0844 e. The lowest BCUT2D eigenvalue weighted by Crippen LogP contribution is -2.57. The molecule has 2 unspecified atom stereocenters. The fourth-order valence-electron chi connectivity index (χ4n) is 3.49. The Labute approximate surface area is 119 Å². The van der Waals surface area contributed by atoms with Gasteiger partial charge < -0.3 is 4.74 Å². The standard InChI is InChI=1S/C16H34N2O/c1-6-7-13(2)12-14(18-17)16(19-5)10-8-15(3,4)9-11-16/h13-14,18H,6-12,17H2,1-5H3. The van der Waals surface area contributed by atoms with E-state index in [0.29, 0.717) is 11.3 Å². The topological polar surface area (TPSA) is 47.3 Å². The van der Waals surface area contributed by atoms with Gasteiger partial charge in [-0.3, -0.25) is 11.3 Å². The first-order valence-corrected chi connectivity index (χ1v) is 7.90. The second kappa shape index (κ2) is 7.05. The van der Waals surface area contributed by atoms with Gasteiger partial charge in [0.15, 0.2) is 0 Å². The van der Waals surface area contributed by atoms with E-state index in [2.05, 4.69) is 33.1 Å². The third-order valence-electron chi connectivity index (χ3n) is 5.11. The molecule has 1 rings (SSSR count). The predicted molar refractivity (Wildman–Crippen MR) is 81.8 cm³/mol. The Balaban J connectivity index is 2.70. The van der Waals surface area contributed by atoms with Crippen LogP contribution in [0.25, 0.3) is 0 Å². The van der Waals surface area contributed by atoms with Gasteiger partial charge in [-0.25, -0.2) is 0 Å². The fourth-order valence-corrected chi connectivity index (χ4v) is 3.49. The molecule has 114 valence electrons. The van der Waals surface area contributed by atoms with Crippen LogP contribution in [-0.4, -0.2) is 18.8 Å². The highest BCUT2D eigenvalue weighted by Gasteiger charge is 2.44. The van der Waals surface area contributed by atoms with Crippen LogP contribution in [-0.2, 0) is 4.74 Å². The van der Waals surface area contributed by atoms with Gasteiger partial charge in [0.1, 0.15) is 0 Å². The molecule has 2 atom stereocenters. The maximum Gasteiger partial charge on any atom is 0.0844 e. The number of ether oxygens (including phenoxy) is 1. The Kier molecular flexibility index (Phi) is 6.28. The van der Waals surface area contributed by atoms with Crippen LogP contribution >= 0.6 is 0 Å². The van der Waals surface area contributed by atoms with Gasteiger partial charge in [-0.05, 0) is 43.4 Å². The van der Waals surface area contributed by atoms with Gasteiger partial charge in [0.05, 0.1) is 11.6 Å². The summed E-state index contributed by atoms with van der Waals surface area (Å²) in [7, 11) is 1.85. The van der Waals surface area contributed by atoms with E-state index < -0.39 is 0 Å². The van der Waals surface area contributed by atoms with Crippen molar-refractivity contribution in [2.24, 2.45) is 17.2 Å². The van der Waals surface area contributed by atoms with E-state index in [1.807, 2.05) is 7.11 Å². The molecular formula is C16H34N2O. The zero-order valence-electron chi connectivity index (χ0n) is 13.6. The first-order valence-electron chi connectivity index (χ1n) is 7.90. The monoisotopic (exact) mass is 270 g/mol. The van der Waals surface area contributed by atoms with Crippen molar-refractivity contribution in [2.45, 2.75) is 84.3 Å². The van der Waals surface area contributed by atoms with E-state index >= 15 is 0 Å². The van der Waals surface area contributed by atoms with Gasteiger partial charge in [0, 0.05) is 7.11 Å². The molecule has 1 aliphatic rings. The fraction of sp³-hybridized carbons (Fsp3) is 1.00. The highest BCUT2D eigenvalue weighted by atomic mass is 16.5. The minimum Gasteiger partial charge on any atom is -0.377 e. The van der Waals surface area contributed by atoms with Crippen LogP contribution in [0.3, 0.4) is 0 Å². The van der Waals surface area contributed by atoms with Crippen LogP contribution in [0.4, 0.5) is 0 Å². The number of rotatable bonds is 7. The maximum absolute atomic E-state index is 5.96. The first-order chi connectivity index (χ1) is 8.89. The summed E-state index contributed by atoms with van der Waals surface area (Å²) in [5.74, 6) is 6.55. The Morgan fingerprint density at radius 2 is 1.79 bits per heavy atom. The number of nitrogens with two attached hydrogens (primary N) is 1. The molecule has 0 spiro atoms. The minimum absolute atomic E-state index is 0.0632. The molecule has 19 heavy (non-hydrogen) atoms. The second-order valence-corrected chi connectivity index (χ2v) is 7.28. The SMILES string of the molecule is CCCC(C)CC(NN)C1(OC)CCC(C)(C)CC1. The minimum atomic E-state index is -0.0632. The molecule has 3 heteroatoms. The van der Waals surface area contributed by atoms with Crippen molar-refractivity contribution in [2.75, 3.05) is 7.11 Å². The van der Waals surface area contributed by atoms with E-state index in [0.717, 1.165) is 19.3 Å². The number of nitrogens with one attached hydrogen (secondary N) is 1. The van der Waals surface area contributed by atoms with E-state index in [9.17, 15) is 0 Å². The van der Waals surface area contributed by atoms with Crippen LogP contribution in [0.15, 0.2) is 0 Å². The lowest BCUT2D eigenvalue weighted by molar-refractivity contribution is -0.0905. The lowest BCUT2D eigenvalue weighted by atomic mass is 9.67. The highest BCUT2D eigenvalue weighted by Crippen LogP contribution is 2.44. The molecular weight excluding hydrogens is 236 g/mol. The molecule has 0 amide bonds. The van der Waals surface area contributed by atoms with Crippen molar-refractivity contribution >= 4 is 0 Å². The quantitative estimate of drug-likeness (QED) is 0.548. The van der Waals surface area contributed by atoms with Crippen LogP contribution in [0, 0.1) is 11.3 Å². The molecule has 1 aliphatic carbocycles. The third-order valence-corrected chi connectivity index (χ3v) is 5.11. The zero-order valence-corrected chi connectivity index (χ0v) is 13.6. The summed E-state index contributed by atoms with van der Waals surface area (Å²) in [5, 5.41) is 0. The molecule has 0 aromatic rings. The van der Waals surface area contributed by atoms with Gasteiger partial charge in [-0.15, -0.1) is 0 Å². The normalized spacial score (nSPS) is 24.9. The van der Waals surface area contributed by atoms with Crippen molar-refractivity contribution in [1.29, 1.82) is 0 Å². The molecule has 0 aromatic heterocycles. The van der Waals surface area contributed by atoms with Crippen molar-refractivity contribution in [3.63, 3.8) is 0 Å². The summed E-state index contributed by atoms with van der Waals surface area (Å²) in [6.45, 7) is 9.29. The van der Waals surface area contributed by atoms with Crippen molar-refractivity contribution in [1.82, 2.24) is 5.43 Å². The molecule has 1 saturated carbocycles. The van der Waals surface area contributed by atoms with Gasteiger partial charge in [-0.1, -0.05) is 40.5 Å². The second-order valence-electron chi connectivity index (χ2n) is 7.28. The molecule has 0 aromatic carbocycles. The molecule has 0 radical (unpaired) electrons. The van der Waals surface area contributed by atoms with Crippen LogP contribution in [0.1, 0.15) is 72.6 Å². The Morgan fingerprint density at radius 3 is 2.21 bits per heavy atom. The zero-order chi connectivity index (χ0) is 14.5. The summed E-state index contributed by atoms with van der Waals surface area (Å²) in [6.07, 6.45) is 8.30. The first kappa shape index (κ1) is 16.9. The summed E-state index contributed by atoms with van der Waals surface area (Å²) >= 11 is 0. The van der Waals surface area contributed by atoms with Crippen LogP contribution in [0.5, 0.6) is 0 Å². The van der Waals surface area contributed by atoms with E-state index in [1.54, 1.807) is 0 Å². The van der Waals surface area contributed by atoms with Crippen LogP contribution in [0.2, 0.25) is 0 Å². The summed E-state index contributed by atoms with van der Waals surface area (Å²) in [5.41, 5.74) is 3.45. The molecule has 0 heterocycles. The summed E-state index contributed by atoms with van der Waals surface area (Å²) in [4.78, 5) is 0. The Hall–Kier alpha value is -0.120. The van der Waals surface area contributed by atoms with Crippen molar-refractivity contribution < 1.29 is 4.74 Å². The van der Waals surface area contributed by atoms with Gasteiger partial charge in [-0.2, -0.15) is 0 Å².